The molecule has 0 spiro atoms. The smallest absolute Gasteiger partial charge is 0.129 e. The van der Waals surface area contributed by atoms with E-state index < -0.39 is 6.10 Å². The minimum absolute atomic E-state index is 0.00405. The fourth-order valence-electron chi connectivity index (χ4n) is 5.03. The molecule has 2 aliphatic heterocycles. The lowest BCUT2D eigenvalue weighted by Crippen LogP contribution is -2.39. The minimum Gasteiger partial charge on any atom is -0.491 e. The van der Waals surface area contributed by atoms with Crippen LogP contribution in [0, 0.1) is 18.8 Å². The lowest BCUT2D eigenvalue weighted by molar-refractivity contribution is 0.169. The molecule has 1 saturated carbocycles. The number of nitrogens with two attached hydrogens (primary N) is 1. The van der Waals surface area contributed by atoms with Crippen molar-refractivity contribution in [3.8, 4) is 5.75 Å². The molecule has 6 atom stereocenters. The number of β-amino-alcohol motifs (C(OH)–C–C–N with tert-alkyl or cyclic N) is 1. The Balaban J connectivity index is 1.82. The van der Waals surface area contributed by atoms with E-state index in [9.17, 15) is 5.11 Å². The number of hydrogen-bond acceptors (Lipinski definition) is 6. The normalized spacial score (nSPS) is 31.2. The van der Waals surface area contributed by atoms with Crippen molar-refractivity contribution in [3.63, 3.8) is 0 Å². The fraction of sp³-hybridized carbons (Fsp3) is 0.586. The maximum atomic E-state index is 10.4. The molecule has 2 fully saturated rings. The molecule has 3 aliphatic rings. The van der Waals surface area contributed by atoms with Gasteiger partial charge in [-0.15, -0.1) is 0 Å². The summed E-state index contributed by atoms with van der Waals surface area (Å²) in [5.41, 5.74) is 10.6. The molecule has 0 bridgehead atoms. The van der Waals surface area contributed by atoms with E-state index in [0.717, 1.165) is 41.3 Å². The Kier molecular flexibility index (Phi) is 7.82. The molecular formula is C29H42N4O2. The summed E-state index contributed by atoms with van der Waals surface area (Å²) in [6.07, 6.45) is 9.30. The highest BCUT2D eigenvalue weighted by molar-refractivity contribution is 6.15. The molecule has 1 aliphatic carbocycles. The highest BCUT2D eigenvalue weighted by atomic mass is 16.5. The Morgan fingerprint density at radius 1 is 1.29 bits per heavy atom. The Morgan fingerprint density at radius 3 is 2.63 bits per heavy atom. The summed E-state index contributed by atoms with van der Waals surface area (Å²) in [6, 6.07) is 6.33. The van der Waals surface area contributed by atoms with E-state index in [4.69, 9.17) is 20.5 Å². The largest absolute Gasteiger partial charge is 0.491 e. The molecule has 1 aromatic carbocycles. The lowest BCUT2D eigenvalue weighted by Gasteiger charge is -2.32. The predicted molar refractivity (Wildman–Crippen MR) is 144 cm³/mol. The zero-order chi connectivity index (χ0) is 25.3. The maximum Gasteiger partial charge on any atom is 0.129 e. The molecule has 0 aromatic heterocycles. The second kappa shape index (κ2) is 10.7. The van der Waals surface area contributed by atoms with Crippen LogP contribution in [0.25, 0.3) is 0 Å². The van der Waals surface area contributed by atoms with Crippen molar-refractivity contribution < 1.29 is 9.84 Å². The third kappa shape index (κ3) is 5.54. The van der Waals surface area contributed by atoms with E-state index in [1.54, 1.807) is 0 Å². The van der Waals surface area contributed by atoms with E-state index in [2.05, 4.69) is 56.9 Å². The molecule has 1 aromatic rings. The van der Waals surface area contributed by atoms with Crippen LogP contribution in [0.4, 0.5) is 0 Å². The van der Waals surface area contributed by atoms with Gasteiger partial charge in [0.25, 0.3) is 0 Å². The third-order valence-electron chi connectivity index (χ3n) is 7.70. The summed E-state index contributed by atoms with van der Waals surface area (Å²) in [5, 5.41) is 10.4. The number of ether oxygens (including phenoxy) is 1. The van der Waals surface area contributed by atoms with Gasteiger partial charge in [-0.2, -0.15) is 0 Å². The van der Waals surface area contributed by atoms with Gasteiger partial charge >= 0.3 is 0 Å². The number of allylic oxidation sites excluding steroid dienone is 3. The molecule has 2 heterocycles. The average molecular weight is 479 g/mol. The van der Waals surface area contributed by atoms with Crippen LogP contribution >= 0.6 is 0 Å². The van der Waals surface area contributed by atoms with Crippen molar-refractivity contribution in [2.45, 2.75) is 91.1 Å². The standard InChI is InChI=1S/C29H42N4O2/c1-7-21-12-22(13-27(31-15-21)33-16-26(34)28(30)20(33)6)29(32-25-11-9-19(25)5)24-14-23(35-17(2)3)10-8-18(24)4/h8,10,12-15,17,19-21,25-26,28,34H,7,9,11,16,30H2,1-6H3. The van der Waals surface area contributed by atoms with Gasteiger partial charge < -0.3 is 20.5 Å². The number of aliphatic hydroxyl groups is 1. The van der Waals surface area contributed by atoms with Gasteiger partial charge in [0, 0.05) is 35.9 Å². The average Bonchev–Trinajstić information content (AvgIpc) is 2.97. The maximum absolute atomic E-state index is 10.4. The molecule has 1 saturated heterocycles. The fourth-order valence-corrected chi connectivity index (χ4v) is 5.03. The molecule has 35 heavy (non-hydrogen) atoms. The van der Waals surface area contributed by atoms with Gasteiger partial charge in [-0.25, -0.2) is 4.99 Å². The second-order valence-electron chi connectivity index (χ2n) is 10.8. The molecule has 6 unspecified atom stereocenters. The van der Waals surface area contributed by atoms with Gasteiger partial charge in [0.1, 0.15) is 11.6 Å². The number of benzene rings is 1. The van der Waals surface area contributed by atoms with Gasteiger partial charge in [-0.05, 0) is 76.6 Å². The number of aryl methyl sites for hydroxylation is 1. The van der Waals surface area contributed by atoms with Crippen molar-refractivity contribution in [2.75, 3.05) is 6.54 Å². The summed E-state index contributed by atoms with van der Waals surface area (Å²) in [4.78, 5) is 12.4. The zero-order valence-electron chi connectivity index (χ0n) is 22.1. The summed E-state index contributed by atoms with van der Waals surface area (Å²) >= 11 is 0. The summed E-state index contributed by atoms with van der Waals surface area (Å²) in [5.74, 6) is 2.49. The van der Waals surface area contributed by atoms with Crippen LogP contribution in [-0.4, -0.2) is 58.8 Å². The Bertz CT molecular complexity index is 1040. The van der Waals surface area contributed by atoms with Gasteiger partial charge in [-0.1, -0.05) is 26.0 Å². The number of likely N-dealkylation sites (tertiary alicyclic amines) is 1. The van der Waals surface area contributed by atoms with Crippen LogP contribution in [0.2, 0.25) is 0 Å². The Morgan fingerprint density at radius 2 is 2.06 bits per heavy atom. The van der Waals surface area contributed by atoms with E-state index in [1.165, 1.54) is 12.0 Å². The monoisotopic (exact) mass is 478 g/mol. The first-order valence-corrected chi connectivity index (χ1v) is 13.2. The number of rotatable bonds is 7. The van der Waals surface area contributed by atoms with Crippen molar-refractivity contribution in [2.24, 2.45) is 27.6 Å². The van der Waals surface area contributed by atoms with E-state index in [1.807, 2.05) is 26.1 Å². The lowest BCUT2D eigenvalue weighted by atomic mass is 9.81. The highest BCUT2D eigenvalue weighted by Crippen LogP contribution is 2.34. The molecule has 190 valence electrons. The number of nitrogens with zero attached hydrogens (tertiary/aromatic N) is 3. The first kappa shape index (κ1) is 25.6. The SMILES string of the molecule is CCC1C=NC(N2CC(O)C(N)C2C)=CC(C(=NC2CCC2C)c2cc(OC(C)C)ccc2C)=C1. The topological polar surface area (TPSA) is 83.4 Å². The van der Waals surface area contributed by atoms with Crippen LogP contribution in [0.5, 0.6) is 5.75 Å². The van der Waals surface area contributed by atoms with Crippen molar-refractivity contribution >= 4 is 11.9 Å². The number of aliphatic imine (C=N–C) groups is 2. The molecule has 3 N–H and O–H groups in total. The Labute approximate surface area is 210 Å². The van der Waals surface area contributed by atoms with E-state index in [0.29, 0.717) is 18.5 Å². The highest BCUT2D eigenvalue weighted by Gasteiger charge is 2.37. The number of hydrogen-bond donors (Lipinski definition) is 2. The number of aliphatic hydroxyl groups excluding tert-OH is 1. The first-order chi connectivity index (χ1) is 16.7. The quantitative estimate of drug-likeness (QED) is 0.559. The van der Waals surface area contributed by atoms with Crippen LogP contribution < -0.4 is 10.5 Å². The second-order valence-corrected chi connectivity index (χ2v) is 10.8. The summed E-state index contributed by atoms with van der Waals surface area (Å²) in [7, 11) is 0. The zero-order valence-corrected chi connectivity index (χ0v) is 22.1. The van der Waals surface area contributed by atoms with Crippen molar-refractivity contribution in [1.29, 1.82) is 0 Å². The minimum atomic E-state index is -0.560. The van der Waals surface area contributed by atoms with Crippen LogP contribution in [-0.2, 0) is 0 Å². The van der Waals surface area contributed by atoms with Crippen LogP contribution in [0.1, 0.15) is 65.0 Å². The van der Waals surface area contributed by atoms with Crippen molar-refractivity contribution in [3.05, 3.63) is 52.9 Å². The van der Waals surface area contributed by atoms with Crippen molar-refractivity contribution in [1.82, 2.24) is 4.90 Å². The Hall–Kier alpha value is -2.44. The molecule has 0 radical (unpaired) electrons. The molecular weight excluding hydrogens is 436 g/mol. The van der Waals surface area contributed by atoms with Gasteiger partial charge in [0.15, 0.2) is 0 Å². The van der Waals surface area contributed by atoms with E-state index in [-0.39, 0.29) is 24.1 Å². The van der Waals surface area contributed by atoms with Gasteiger partial charge in [0.05, 0.1) is 30.0 Å². The third-order valence-corrected chi connectivity index (χ3v) is 7.70. The molecule has 6 nitrogen and oxygen atoms in total. The molecule has 0 amide bonds. The molecule has 6 heteroatoms. The van der Waals surface area contributed by atoms with E-state index >= 15 is 0 Å². The van der Waals surface area contributed by atoms with Crippen LogP contribution in [0.3, 0.4) is 0 Å². The predicted octanol–water partition coefficient (Wildman–Crippen LogP) is 4.64. The van der Waals surface area contributed by atoms with Crippen LogP contribution in [0.15, 0.2) is 51.7 Å². The van der Waals surface area contributed by atoms with Gasteiger partial charge in [-0.3, -0.25) is 4.99 Å². The molecule has 4 rings (SSSR count). The summed E-state index contributed by atoms with van der Waals surface area (Å²) < 4.78 is 6.06. The first-order valence-electron chi connectivity index (χ1n) is 13.2. The summed E-state index contributed by atoms with van der Waals surface area (Å²) in [6.45, 7) is 13.3. The van der Waals surface area contributed by atoms with Gasteiger partial charge in [0.2, 0.25) is 0 Å².